The van der Waals surface area contributed by atoms with Crippen molar-refractivity contribution in [1.29, 1.82) is 0 Å². The molecule has 0 unspecified atom stereocenters. The Morgan fingerprint density at radius 2 is 0.600 bits per heavy atom. The molecule has 0 aromatic heterocycles. The lowest BCUT2D eigenvalue weighted by Gasteiger charge is -2.18. The molecule has 0 amide bonds. The van der Waals surface area contributed by atoms with E-state index in [0.717, 1.165) is 89.9 Å². The molecule has 0 fully saturated rings. The fourth-order valence-corrected chi connectivity index (χ4v) is 6.25. The first kappa shape index (κ1) is 60.5. The summed E-state index contributed by atoms with van der Waals surface area (Å²) in [7, 11) is 0. The van der Waals surface area contributed by atoms with Crippen LogP contribution in [0, 0.1) is 0 Å². The Hall–Kier alpha value is -4.45. The highest BCUT2D eigenvalue weighted by atomic mass is 16.6. The molecule has 0 saturated heterocycles. The van der Waals surface area contributed by atoms with Crippen molar-refractivity contribution in [3.05, 3.63) is 134 Å². The molecule has 0 spiro atoms. The Morgan fingerprint density at radius 1 is 0.323 bits per heavy atom. The van der Waals surface area contributed by atoms with E-state index in [2.05, 4.69) is 154 Å². The van der Waals surface area contributed by atoms with Crippen molar-refractivity contribution in [3.63, 3.8) is 0 Å². The summed E-state index contributed by atoms with van der Waals surface area (Å²) in [6.45, 7) is 6.32. The highest BCUT2D eigenvalue weighted by molar-refractivity contribution is 5.71. The number of carbonyl (C=O) groups is 3. The summed E-state index contributed by atoms with van der Waals surface area (Å²) in [5.41, 5.74) is 0. The standard InChI is InChI=1S/C59H92O6/c1-4-7-10-13-16-19-22-25-28-29-32-34-37-40-43-46-49-52-58(61)64-55-56(65-59(62)53-50-47-44-41-38-35-31-27-24-21-18-15-12-9-6-3)54-63-57(60)51-48-45-42-39-36-33-30-26-23-20-17-14-11-8-5-2/h7,10,16-21,25-28,30-32,34,36,38-41,43,56H,4-6,8-9,11-15,22-24,29,33,35,37,42,44-55H2,1-3H3/b10-7-,19-16-,20-17-,21-18-,28-25-,30-26-,31-27-,34-32-,39-36-,41-38-,43-40-/t56-/m1/s1. The summed E-state index contributed by atoms with van der Waals surface area (Å²) in [5, 5.41) is 0. The molecule has 0 aliphatic heterocycles. The molecule has 6 nitrogen and oxygen atoms in total. The van der Waals surface area contributed by atoms with Crippen molar-refractivity contribution in [2.75, 3.05) is 13.2 Å². The van der Waals surface area contributed by atoms with Crippen LogP contribution in [0.25, 0.3) is 0 Å². The van der Waals surface area contributed by atoms with Gasteiger partial charge in [0.2, 0.25) is 0 Å². The molecular weight excluding hydrogens is 805 g/mol. The topological polar surface area (TPSA) is 78.9 Å². The van der Waals surface area contributed by atoms with Gasteiger partial charge in [-0.2, -0.15) is 0 Å². The van der Waals surface area contributed by atoms with Crippen molar-refractivity contribution in [2.45, 2.75) is 207 Å². The number of carbonyl (C=O) groups excluding carboxylic acids is 3. The van der Waals surface area contributed by atoms with E-state index >= 15 is 0 Å². The summed E-state index contributed by atoms with van der Waals surface area (Å²) >= 11 is 0. The average Bonchev–Trinajstić information content (AvgIpc) is 3.30. The molecule has 0 aromatic rings. The van der Waals surface area contributed by atoms with Crippen LogP contribution in [-0.4, -0.2) is 37.2 Å². The predicted molar refractivity (Wildman–Crippen MR) is 279 cm³/mol. The number of esters is 3. The van der Waals surface area contributed by atoms with Crippen LogP contribution in [0.15, 0.2) is 134 Å². The SMILES string of the molecule is CC/C=C\C/C=C\C/C=C\C/C=C\C/C=C\CCCC(=O)OC[C@@H](COC(=O)CCCC/C=C\C/C=C\C/C=C\CCCCC)OC(=O)CCCC/C=C\C/C=C\C/C=C\CCCCC. The van der Waals surface area contributed by atoms with Crippen LogP contribution in [0.5, 0.6) is 0 Å². The zero-order valence-electron chi connectivity index (χ0n) is 41.4. The van der Waals surface area contributed by atoms with Gasteiger partial charge in [-0.25, -0.2) is 0 Å². The maximum atomic E-state index is 12.8. The molecule has 0 radical (unpaired) electrons. The molecule has 0 N–H and O–H groups in total. The molecule has 0 rings (SSSR count). The van der Waals surface area contributed by atoms with Crippen molar-refractivity contribution in [3.8, 4) is 0 Å². The Labute approximate surface area is 398 Å². The first-order chi connectivity index (χ1) is 32.0. The van der Waals surface area contributed by atoms with Gasteiger partial charge < -0.3 is 14.2 Å². The number of ether oxygens (including phenoxy) is 3. The quantitative estimate of drug-likeness (QED) is 0.0262. The molecule has 0 aromatic carbocycles. The second-order valence-corrected chi connectivity index (χ2v) is 16.3. The van der Waals surface area contributed by atoms with Crippen LogP contribution in [0.3, 0.4) is 0 Å². The second kappa shape index (κ2) is 52.2. The zero-order chi connectivity index (χ0) is 47.2. The predicted octanol–water partition coefficient (Wildman–Crippen LogP) is 17.1. The minimum atomic E-state index is -0.841. The van der Waals surface area contributed by atoms with Gasteiger partial charge in [-0.1, -0.05) is 180 Å². The van der Waals surface area contributed by atoms with Gasteiger partial charge in [0.05, 0.1) is 0 Å². The van der Waals surface area contributed by atoms with Gasteiger partial charge in [-0.15, -0.1) is 0 Å². The largest absolute Gasteiger partial charge is 0.462 e. The van der Waals surface area contributed by atoms with E-state index in [9.17, 15) is 14.4 Å². The van der Waals surface area contributed by atoms with Crippen LogP contribution >= 0.6 is 0 Å². The lowest BCUT2D eigenvalue weighted by molar-refractivity contribution is -0.167. The van der Waals surface area contributed by atoms with Crippen molar-refractivity contribution in [1.82, 2.24) is 0 Å². The first-order valence-corrected chi connectivity index (χ1v) is 25.7. The summed E-state index contributed by atoms with van der Waals surface area (Å²) in [6.07, 6.45) is 73.0. The normalized spacial score (nSPS) is 13.2. The molecule has 364 valence electrons. The highest BCUT2D eigenvalue weighted by Gasteiger charge is 2.19. The van der Waals surface area contributed by atoms with E-state index in [4.69, 9.17) is 14.2 Å². The molecule has 0 aliphatic rings. The molecule has 6 heteroatoms. The van der Waals surface area contributed by atoms with E-state index < -0.39 is 6.10 Å². The van der Waals surface area contributed by atoms with Gasteiger partial charge in [-0.05, 0) is 135 Å². The molecule has 65 heavy (non-hydrogen) atoms. The summed E-state index contributed by atoms with van der Waals surface area (Å²) < 4.78 is 16.7. The summed E-state index contributed by atoms with van der Waals surface area (Å²) in [4.78, 5) is 38.0. The lowest BCUT2D eigenvalue weighted by Crippen LogP contribution is -2.30. The van der Waals surface area contributed by atoms with E-state index in [1.165, 1.54) is 51.4 Å². The monoisotopic (exact) mass is 897 g/mol. The Morgan fingerprint density at radius 3 is 0.938 bits per heavy atom. The van der Waals surface area contributed by atoms with Crippen LogP contribution < -0.4 is 0 Å². The van der Waals surface area contributed by atoms with Gasteiger partial charge in [0.1, 0.15) is 13.2 Å². The number of rotatable bonds is 44. The Bertz CT molecular complexity index is 1450. The van der Waals surface area contributed by atoms with Crippen molar-refractivity contribution < 1.29 is 28.6 Å². The van der Waals surface area contributed by atoms with Crippen LogP contribution in [-0.2, 0) is 28.6 Å². The van der Waals surface area contributed by atoms with Crippen molar-refractivity contribution in [2.24, 2.45) is 0 Å². The maximum absolute atomic E-state index is 12.8. The van der Waals surface area contributed by atoms with E-state index in [0.29, 0.717) is 19.3 Å². The molecule has 0 aliphatic carbocycles. The molecule has 1 atom stereocenters. The second-order valence-electron chi connectivity index (χ2n) is 16.3. The van der Waals surface area contributed by atoms with Gasteiger partial charge in [0.25, 0.3) is 0 Å². The van der Waals surface area contributed by atoms with Gasteiger partial charge in [-0.3, -0.25) is 14.4 Å². The average molecular weight is 897 g/mol. The summed E-state index contributed by atoms with van der Waals surface area (Å²) in [5.74, 6) is -1.08. The first-order valence-electron chi connectivity index (χ1n) is 25.7. The summed E-state index contributed by atoms with van der Waals surface area (Å²) in [6, 6.07) is 0. The van der Waals surface area contributed by atoms with Gasteiger partial charge in [0.15, 0.2) is 6.10 Å². The highest BCUT2D eigenvalue weighted by Crippen LogP contribution is 2.10. The van der Waals surface area contributed by atoms with E-state index in [1.54, 1.807) is 0 Å². The van der Waals surface area contributed by atoms with Gasteiger partial charge in [0, 0.05) is 19.3 Å². The third-order valence-electron chi connectivity index (χ3n) is 10.1. The van der Waals surface area contributed by atoms with Crippen LogP contribution in [0.2, 0.25) is 0 Å². The smallest absolute Gasteiger partial charge is 0.306 e. The maximum Gasteiger partial charge on any atom is 0.306 e. The van der Waals surface area contributed by atoms with Crippen LogP contribution in [0.1, 0.15) is 201 Å². The Kier molecular flexibility index (Phi) is 48.6. The van der Waals surface area contributed by atoms with E-state index in [1.807, 2.05) is 0 Å². The molecule has 0 saturated carbocycles. The molecule has 0 bridgehead atoms. The fourth-order valence-electron chi connectivity index (χ4n) is 6.25. The third-order valence-corrected chi connectivity index (χ3v) is 10.1. The minimum Gasteiger partial charge on any atom is -0.462 e. The number of hydrogen-bond donors (Lipinski definition) is 0. The number of unbranched alkanes of at least 4 members (excludes halogenated alkanes) is 11. The van der Waals surface area contributed by atoms with Crippen molar-refractivity contribution >= 4 is 17.9 Å². The molecule has 0 heterocycles. The van der Waals surface area contributed by atoms with Gasteiger partial charge >= 0.3 is 17.9 Å². The zero-order valence-corrected chi connectivity index (χ0v) is 41.4. The Balaban J connectivity index is 4.63. The minimum absolute atomic E-state index is 0.136. The van der Waals surface area contributed by atoms with Crippen LogP contribution in [0.4, 0.5) is 0 Å². The fraction of sp³-hybridized carbons (Fsp3) is 0.576. The van der Waals surface area contributed by atoms with E-state index in [-0.39, 0.29) is 50.4 Å². The third kappa shape index (κ3) is 50.4. The molecular formula is C59H92O6. The lowest BCUT2D eigenvalue weighted by atomic mass is 10.1. The number of hydrogen-bond acceptors (Lipinski definition) is 6. The number of allylic oxidation sites excluding steroid dienone is 22.